The highest BCUT2D eigenvalue weighted by molar-refractivity contribution is 5.52. The van der Waals surface area contributed by atoms with Gasteiger partial charge in [-0.3, -0.25) is 4.98 Å². The van der Waals surface area contributed by atoms with Crippen molar-refractivity contribution in [3.8, 4) is 12.3 Å². The maximum atomic E-state index is 5.33. The molecule has 0 aliphatic rings. The number of anilines is 1. The minimum Gasteiger partial charge on any atom is -0.363 e. The van der Waals surface area contributed by atoms with E-state index in [4.69, 9.17) is 6.42 Å². The highest BCUT2D eigenvalue weighted by Crippen LogP contribution is 2.17. The minimum absolute atomic E-state index is 0.612. The fraction of sp³-hybridized carbons (Fsp3) is 0.500. The molecule has 0 aliphatic heterocycles. The van der Waals surface area contributed by atoms with Gasteiger partial charge in [0.2, 0.25) is 0 Å². The van der Waals surface area contributed by atoms with E-state index in [1.165, 1.54) is 5.56 Å². The second-order valence-corrected chi connectivity index (χ2v) is 4.59. The van der Waals surface area contributed by atoms with Crippen molar-refractivity contribution in [1.29, 1.82) is 0 Å². The fourth-order valence-corrected chi connectivity index (χ4v) is 1.65. The first-order valence-corrected chi connectivity index (χ1v) is 5.93. The van der Waals surface area contributed by atoms with Gasteiger partial charge in [-0.05, 0) is 18.5 Å². The molecule has 1 N–H and O–H groups in total. The van der Waals surface area contributed by atoms with Crippen LogP contribution in [-0.2, 0) is 6.54 Å². The van der Waals surface area contributed by atoms with Gasteiger partial charge in [0.25, 0.3) is 0 Å². The largest absolute Gasteiger partial charge is 0.363 e. The standard InChI is InChI=1S/C14H21N3/c1-5-8-17(4)14-6-7-15-10-13(14)11-16-9-12(2)3/h1,6-7,10,12,16H,8-9,11H2,2-4H3. The van der Waals surface area contributed by atoms with Crippen molar-refractivity contribution in [3.63, 3.8) is 0 Å². The van der Waals surface area contributed by atoms with E-state index in [9.17, 15) is 0 Å². The summed E-state index contributed by atoms with van der Waals surface area (Å²) in [6.45, 7) is 6.84. The normalized spacial score (nSPS) is 10.3. The van der Waals surface area contributed by atoms with Crippen LogP contribution in [0, 0.1) is 18.3 Å². The van der Waals surface area contributed by atoms with Gasteiger partial charge in [-0.25, -0.2) is 0 Å². The Morgan fingerprint density at radius 3 is 2.94 bits per heavy atom. The van der Waals surface area contributed by atoms with E-state index in [0.29, 0.717) is 12.5 Å². The zero-order valence-corrected chi connectivity index (χ0v) is 10.9. The van der Waals surface area contributed by atoms with Crippen molar-refractivity contribution >= 4 is 5.69 Å². The highest BCUT2D eigenvalue weighted by Gasteiger charge is 2.06. The predicted molar refractivity (Wildman–Crippen MR) is 72.9 cm³/mol. The quantitative estimate of drug-likeness (QED) is 0.758. The number of nitrogens with one attached hydrogen (secondary N) is 1. The van der Waals surface area contributed by atoms with Crippen LogP contribution in [0.25, 0.3) is 0 Å². The molecule has 17 heavy (non-hydrogen) atoms. The third-order valence-electron chi connectivity index (χ3n) is 2.49. The average molecular weight is 231 g/mol. The average Bonchev–Trinajstić information content (AvgIpc) is 2.29. The van der Waals surface area contributed by atoms with Crippen molar-refractivity contribution < 1.29 is 0 Å². The molecule has 0 aliphatic carbocycles. The second-order valence-electron chi connectivity index (χ2n) is 4.59. The first-order valence-electron chi connectivity index (χ1n) is 5.93. The van der Waals surface area contributed by atoms with E-state index in [-0.39, 0.29) is 0 Å². The van der Waals surface area contributed by atoms with Crippen LogP contribution >= 0.6 is 0 Å². The molecule has 0 aromatic carbocycles. The number of rotatable bonds is 6. The summed E-state index contributed by atoms with van der Waals surface area (Å²) in [5.74, 6) is 3.30. The van der Waals surface area contributed by atoms with Crippen molar-refractivity contribution in [1.82, 2.24) is 10.3 Å². The highest BCUT2D eigenvalue weighted by atomic mass is 15.1. The van der Waals surface area contributed by atoms with Gasteiger partial charge in [0, 0.05) is 37.2 Å². The molecule has 0 radical (unpaired) electrons. The van der Waals surface area contributed by atoms with Crippen LogP contribution in [0.15, 0.2) is 18.5 Å². The molecule has 0 unspecified atom stereocenters. The van der Waals surface area contributed by atoms with Gasteiger partial charge in [-0.15, -0.1) is 6.42 Å². The van der Waals surface area contributed by atoms with Gasteiger partial charge in [-0.1, -0.05) is 19.8 Å². The summed E-state index contributed by atoms with van der Waals surface area (Å²) in [5.41, 5.74) is 2.33. The van der Waals surface area contributed by atoms with Gasteiger partial charge < -0.3 is 10.2 Å². The number of pyridine rings is 1. The fourth-order valence-electron chi connectivity index (χ4n) is 1.65. The minimum atomic E-state index is 0.612. The molecule has 1 aromatic rings. The molecule has 1 heterocycles. The smallest absolute Gasteiger partial charge is 0.0788 e. The lowest BCUT2D eigenvalue weighted by Crippen LogP contribution is -2.23. The Morgan fingerprint density at radius 1 is 1.53 bits per heavy atom. The summed E-state index contributed by atoms with van der Waals surface area (Å²) in [7, 11) is 2.00. The monoisotopic (exact) mass is 231 g/mol. The van der Waals surface area contributed by atoms with Crippen LogP contribution in [0.5, 0.6) is 0 Å². The number of nitrogens with zero attached hydrogens (tertiary/aromatic N) is 2. The maximum Gasteiger partial charge on any atom is 0.0788 e. The van der Waals surface area contributed by atoms with E-state index in [1.807, 2.05) is 19.3 Å². The molecule has 92 valence electrons. The zero-order chi connectivity index (χ0) is 12.7. The van der Waals surface area contributed by atoms with E-state index >= 15 is 0 Å². The number of aromatic nitrogens is 1. The Hall–Kier alpha value is -1.53. The van der Waals surface area contributed by atoms with Gasteiger partial charge in [0.15, 0.2) is 0 Å². The molecule has 3 nitrogen and oxygen atoms in total. The summed E-state index contributed by atoms with van der Waals surface area (Å²) < 4.78 is 0. The molecule has 0 saturated heterocycles. The van der Waals surface area contributed by atoms with E-state index in [1.54, 1.807) is 6.20 Å². The molecule has 0 amide bonds. The van der Waals surface area contributed by atoms with Crippen LogP contribution in [0.4, 0.5) is 5.69 Å². The summed E-state index contributed by atoms with van der Waals surface area (Å²) in [6, 6.07) is 2.00. The van der Waals surface area contributed by atoms with Gasteiger partial charge in [0.1, 0.15) is 0 Å². The van der Waals surface area contributed by atoms with Crippen molar-refractivity contribution in [2.45, 2.75) is 20.4 Å². The SMILES string of the molecule is C#CCN(C)c1ccncc1CNCC(C)C. The first-order chi connectivity index (χ1) is 8.15. The van der Waals surface area contributed by atoms with E-state index in [2.05, 4.69) is 35.0 Å². The zero-order valence-electron chi connectivity index (χ0n) is 10.9. The van der Waals surface area contributed by atoms with Crippen LogP contribution in [0.2, 0.25) is 0 Å². The molecule has 0 atom stereocenters. The Morgan fingerprint density at radius 2 is 2.29 bits per heavy atom. The van der Waals surface area contributed by atoms with Gasteiger partial charge in [0.05, 0.1) is 6.54 Å². The van der Waals surface area contributed by atoms with Crippen molar-refractivity contribution in [2.75, 3.05) is 25.0 Å². The number of hydrogen-bond acceptors (Lipinski definition) is 3. The molecule has 3 heteroatoms. The van der Waals surface area contributed by atoms with Crippen LogP contribution in [0.1, 0.15) is 19.4 Å². The molecular formula is C14H21N3. The lowest BCUT2D eigenvalue weighted by Gasteiger charge is -2.20. The molecule has 0 spiro atoms. The molecular weight excluding hydrogens is 210 g/mol. The third-order valence-corrected chi connectivity index (χ3v) is 2.49. The van der Waals surface area contributed by atoms with Crippen LogP contribution in [-0.4, -0.2) is 25.1 Å². The number of hydrogen-bond donors (Lipinski definition) is 1. The first kappa shape index (κ1) is 13.5. The van der Waals surface area contributed by atoms with Gasteiger partial charge >= 0.3 is 0 Å². The summed E-state index contributed by atoms with van der Waals surface area (Å²) in [5, 5.41) is 3.42. The Bertz CT molecular complexity index is 379. The maximum absolute atomic E-state index is 5.33. The Labute approximate surface area is 104 Å². The molecule has 1 aromatic heterocycles. The summed E-state index contributed by atoms with van der Waals surface area (Å²) in [4.78, 5) is 6.23. The van der Waals surface area contributed by atoms with Crippen molar-refractivity contribution in [2.24, 2.45) is 5.92 Å². The van der Waals surface area contributed by atoms with Crippen LogP contribution < -0.4 is 10.2 Å². The second kappa shape index (κ2) is 6.93. The molecule has 0 fully saturated rings. The lowest BCUT2D eigenvalue weighted by atomic mass is 10.2. The van der Waals surface area contributed by atoms with Gasteiger partial charge in [-0.2, -0.15) is 0 Å². The summed E-state index contributed by atoms with van der Waals surface area (Å²) in [6.07, 6.45) is 9.03. The third kappa shape index (κ3) is 4.46. The van der Waals surface area contributed by atoms with Crippen molar-refractivity contribution in [3.05, 3.63) is 24.0 Å². The Kier molecular flexibility index (Phi) is 5.51. The number of terminal acetylenes is 1. The van der Waals surface area contributed by atoms with E-state index < -0.39 is 0 Å². The lowest BCUT2D eigenvalue weighted by molar-refractivity contribution is 0.552. The van der Waals surface area contributed by atoms with Crippen LogP contribution in [0.3, 0.4) is 0 Å². The summed E-state index contributed by atoms with van der Waals surface area (Å²) >= 11 is 0. The Balaban J connectivity index is 2.68. The molecule has 1 rings (SSSR count). The molecule has 0 bridgehead atoms. The van der Waals surface area contributed by atoms with E-state index in [0.717, 1.165) is 18.8 Å². The predicted octanol–water partition coefficient (Wildman–Crippen LogP) is 1.90. The topological polar surface area (TPSA) is 28.2 Å². The molecule has 0 saturated carbocycles.